The zero-order chi connectivity index (χ0) is 20.8. The third-order valence-corrected chi connectivity index (χ3v) is 4.52. The van der Waals surface area contributed by atoms with Crippen molar-refractivity contribution in [2.24, 2.45) is 0 Å². The number of aliphatic hydroxyl groups excluding tert-OH is 1. The number of nitrogens with one attached hydrogen (secondary N) is 2. The molecule has 1 heterocycles. The number of carboxylic acids is 1. The van der Waals surface area contributed by atoms with Crippen molar-refractivity contribution in [3.05, 3.63) is 33.1 Å². The highest BCUT2D eigenvalue weighted by atomic mass is 31.2. The third-order valence-electron chi connectivity index (χ3n) is 3.30. The monoisotopic (exact) mass is 413 g/mol. The van der Waals surface area contributed by atoms with Crippen LogP contribution in [0.5, 0.6) is 0 Å². The van der Waals surface area contributed by atoms with E-state index in [1.165, 1.54) is 6.92 Å². The molecule has 0 aromatic carbocycles. The fraction of sp³-hybridized carbons (Fsp3) is 0.615. The van der Waals surface area contributed by atoms with Gasteiger partial charge < -0.3 is 19.8 Å². The first-order chi connectivity index (χ1) is 12.5. The summed E-state index contributed by atoms with van der Waals surface area (Å²) in [5.41, 5.74) is -1.66. The maximum Gasteiger partial charge on any atom is 0.403 e. The minimum absolute atomic E-state index is 0.705. The van der Waals surface area contributed by atoms with Crippen molar-refractivity contribution in [3.63, 3.8) is 0 Å². The number of aliphatic carboxylic acids is 1. The number of aliphatic hydroxyl groups is 1. The molecule has 27 heavy (non-hydrogen) atoms. The lowest BCUT2D eigenvalue weighted by molar-refractivity contribution is -0.138. The van der Waals surface area contributed by atoms with E-state index in [1.807, 2.05) is 10.1 Å². The van der Waals surface area contributed by atoms with Gasteiger partial charge in [0.25, 0.3) is 5.56 Å². The van der Waals surface area contributed by atoms with E-state index in [2.05, 4.69) is 4.52 Å². The number of halogens is 1. The van der Waals surface area contributed by atoms with Crippen LogP contribution in [0.25, 0.3) is 0 Å². The lowest BCUT2D eigenvalue weighted by Crippen LogP contribution is -2.39. The number of aromatic nitrogens is 2. The molecule has 0 aliphatic rings. The average molecular weight is 413 g/mol. The lowest BCUT2D eigenvalue weighted by atomic mass is 10.2. The smallest absolute Gasteiger partial charge is 0.403 e. The molecule has 5 atom stereocenters. The lowest BCUT2D eigenvalue weighted by Gasteiger charge is -2.27. The highest BCUT2D eigenvalue weighted by Gasteiger charge is 2.30. The molecule has 0 bridgehead atoms. The second kappa shape index (κ2) is 9.88. The van der Waals surface area contributed by atoms with Gasteiger partial charge in [-0.15, -0.1) is 0 Å². The largest absolute Gasteiger partial charge is 0.480 e. The zero-order valence-corrected chi connectivity index (χ0v) is 15.3. The van der Waals surface area contributed by atoms with E-state index < -0.39 is 62.7 Å². The second-order valence-corrected chi connectivity index (χ2v) is 7.10. The number of carboxylic acid groups (broad SMARTS) is 1. The van der Waals surface area contributed by atoms with Gasteiger partial charge in [-0.3, -0.25) is 23.7 Å². The van der Waals surface area contributed by atoms with Crippen LogP contribution < -0.4 is 16.3 Å². The van der Waals surface area contributed by atoms with Crippen molar-refractivity contribution in [1.29, 1.82) is 0 Å². The van der Waals surface area contributed by atoms with Gasteiger partial charge in [-0.25, -0.2) is 18.8 Å². The molecule has 5 N–H and O–H groups in total. The molecule has 0 radical (unpaired) electrons. The number of H-pyrrole nitrogens is 1. The number of hydrogen-bond donors (Lipinski definition) is 5. The summed E-state index contributed by atoms with van der Waals surface area (Å²) in [4.78, 5) is 45.0. The van der Waals surface area contributed by atoms with E-state index in [4.69, 9.17) is 9.84 Å². The normalized spacial score (nSPS) is 18.3. The third kappa shape index (κ3) is 7.33. The molecule has 1 aromatic rings. The molecule has 0 saturated heterocycles. The van der Waals surface area contributed by atoms with Gasteiger partial charge in [-0.2, -0.15) is 0 Å². The first kappa shape index (κ1) is 23.1. The SMILES string of the molecule is C[C@H](NP(=O)(O)OC[C@@H](O[C@H](CF)n1ccc(=O)[nH]c1=O)[C@H](C)O)C(=O)O. The van der Waals surface area contributed by atoms with Crippen LogP contribution in [0.4, 0.5) is 4.39 Å². The van der Waals surface area contributed by atoms with Crippen molar-refractivity contribution in [3.8, 4) is 0 Å². The van der Waals surface area contributed by atoms with Crippen LogP contribution in [0.2, 0.25) is 0 Å². The second-order valence-electron chi connectivity index (χ2n) is 5.55. The van der Waals surface area contributed by atoms with E-state index in [0.29, 0.717) is 0 Å². The van der Waals surface area contributed by atoms with Crippen molar-refractivity contribution >= 4 is 13.7 Å². The summed E-state index contributed by atoms with van der Waals surface area (Å²) in [6.45, 7) is 0.396. The van der Waals surface area contributed by atoms with E-state index in [-0.39, 0.29) is 0 Å². The standard InChI is InChI=1S/C13H21FN3O9P/c1-7(12(20)21)16-27(23,24)25-6-9(8(2)18)26-11(5-14)17-4-3-10(19)15-13(17)22/h3-4,7-9,11,18H,5-6H2,1-2H3,(H,20,21)(H,15,19,22)(H2,16,23,24)/t7-,8-,9+,11+/m0/s1. The van der Waals surface area contributed by atoms with Gasteiger partial charge in [0.1, 0.15) is 18.8 Å². The van der Waals surface area contributed by atoms with Crippen LogP contribution in [0.1, 0.15) is 20.1 Å². The highest BCUT2D eigenvalue weighted by molar-refractivity contribution is 7.50. The summed E-state index contributed by atoms with van der Waals surface area (Å²) < 4.78 is 35.8. The maximum absolute atomic E-state index is 13.3. The van der Waals surface area contributed by atoms with Crippen LogP contribution >= 0.6 is 7.75 Å². The molecule has 154 valence electrons. The Morgan fingerprint density at radius 2 is 2.07 bits per heavy atom. The van der Waals surface area contributed by atoms with Crippen LogP contribution in [0, 0.1) is 0 Å². The van der Waals surface area contributed by atoms with Gasteiger partial charge in [0.15, 0.2) is 6.23 Å². The Kier molecular flexibility index (Phi) is 8.47. The molecule has 0 amide bonds. The summed E-state index contributed by atoms with van der Waals surface area (Å²) in [7, 11) is -4.57. The van der Waals surface area contributed by atoms with Crippen LogP contribution in [0.3, 0.4) is 0 Å². The van der Waals surface area contributed by atoms with Gasteiger partial charge in [-0.05, 0) is 13.8 Å². The van der Waals surface area contributed by atoms with Gasteiger partial charge in [-0.1, -0.05) is 0 Å². The molecule has 0 saturated carbocycles. The van der Waals surface area contributed by atoms with Crippen molar-refractivity contribution in [2.75, 3.05) is 13.3 Å². The molecule has 0 aliphatic carbocycles. The van der Waals surface area contributed by atoms with E-state index in [1.54, 1.807) is 0 Å². The van der Waals surface area contributed by atoms with E-state index >= 15 is 0 Å². The number of ether oxygens (including phenoxy) is 1. The van der Waals surface area contributed by atoms with Crippen LogP contribution in [-0.4, -0.2) is 62.2 Å². The Bertz CT molecular complexity index is 796. The minimum Gasteiger partial charge on any atom is -0.480 e. The summed E-state index contributed by atoms with van der Waals surface area (Å²) in [5.74, 6) is -1.40. The summed E-state index contributed by atoms with van der Waals surface area (Å²) in [5, 5.41) is 20.3. The molecular weight excluding hydrogens is 392 g/mol. The number of nitrogens with zero attached hydrogens (tertiary/aromatic N) is 1. The average Bonchev–Trinajstić information content (AvgIpc) is 2.55. The summed E-state index contributed by atoms with van der Waals surface area (Å²) in [6, 6.07) is -0.439. The number of alkyl halides is 1. The Hall–Kier alpha value is -1.89. The highest BCUT2D eigenvalue weighted by Crippen LogP contribution is 2.38. The first-order valence-electron chi connectivity index (χ1n) is 7.65. The Labute approximate surface area is 152 Å². The van der Waals surface area contributed by atoms with Crippen molar-refractivity contribution in [2.45, 2.75) is 38.3 Å². The van der Waals surface area contributed by atoms with Crippen LogP contribution in [0.15, 0.2) is 21.9 Å². The number of carbonyl (C=O) groups is 1. The van der Waals surface area contributed by atoms with E-state index in [9.17, 15) is 33.3 Å². The molecule has 1 unspecified atom stereocenters. The molecule has 0 fully saturated rings. The maximum atomic E-state index is 13.3. The summed E-state index contributed by atoms with van der Waals surface area (Å²) >= 11 is 0. The van der Waals surface area contributed by atoms with Gasteiger partial charge in [0.2, 0.25) is 0 Å². The molecule has 1 rings (SSSR count). The zero-order valence-electron chi connectivity index (χ0n) is 14.4. The van der Waals surface area contributed by atoms with Crippen molar-refractivity contribution in [1.82, 2.24) is 14.6 Å². The molecule has 0 spiro atoms. The van der Waals surface area contributed by atoms with E-state index in [0.717, 1.165) is 23.8 Å². The van der Waals surface area contributed by atoms with Gasteiger partial charge in [0, 0.05) is 12.3 Å². The number of aromatic amines is 1. The quantitative estimate of drug-likeness (QED) is 0.281. The fourth-order valence-electron chi connectivity index (χ4n) is 1.84. The van der Waals surface area contributed by atoms with Gasteiger partial charge in [0.05, 0.1) is 12.7 Å². The number of hydrogen-bond acceptors (Lipinski definition) is 7. The molecule has 0 aliphatic heterocycles. The molecule has 14 heteroatoms. The molecular formula is C13H21FN3O9P. The number of rotatable bonds is 11. The van der Waals surface area contributed by atoms with Crippen LogP contribution in [-0.2, 0) is 18.6 Å². The molecule has 12 nitrogen and oxygen atoms in total. The first-order valence-corrected chi connectivity index (χ1v) is 9.23. The van der Waals surface area contributed by atoms with Crippen molar-refractivity contribution < 1.29 is 38.1 Å². The Balaban J connectivity index is 2.86. The Morgan fingerprint density at radius 1 is 1.44 bits per heavy atom. The minimum atomic E-state index is -4.57. The Morgan fingerprint density at radius 3 is 2.56 bits per heavy atom. The van der Waals surface area contributed by atoms with Gasteiger partial charge >= 0.3 is 19.4 Å². The fourth-order valence-corrected chi connectivity index (χ4v) is 2.86. The summed E-state index contributed by atoms with van der Waals surface area (Å²) in [6.07, 6.45) is -3.23. The predicted molar refractivity (Wildman–Crippen MR) is 88.9 cm³/mol. The topological polar surface area (TPSA) is 180 Å². The molecule has 1 aromatic heterocycles. The predicted octanol–water partition coefficient (Wildman–Crippen LogP) is -1.05.